The Labute approximate surface area is 131 Å². The predicted molar refractivity (Wildman–Crippen MR) is 85.4 cm³/mol. The molecule has 0 amide bonds. The van der Waals surface area contributed by atoms with Crippen LogP contribution in [0.5, 0.6) is 0 Å². The van der Waals surface area contributed by atoms with Crippen LogP contribution in [0.1, 0.15) is 27.7 Å². The summed E-state index contributed by atoms with van der Waals surface area (Å²) >= 11 is 1.78. The Morgan fingerprint density at radius 1 is 1.52 bits per heavy atom. The van der Waals surface area contributed by atoms with Crippen molar-refractivity contribution >= 4 is 11.8 Å². The highest BCUT2D eigenvalue weighted by Crippen LogP contribution is 2.23. The fourth-order valence-corrected chi connectivity index (χ4v) is 2.79. The topological polar surface area (TPSA) is 53.7 Å². The van der Waals surface area contributed by atoms with Crippen molar-refractivity contribution < 1.29 is 18.6 Å². The first-order valence-electron chi connectivity index (χ1n) is 7.35. The van der Waals surface area contributed by atoms with E-state index in [0.717, 1.165) is 5.75 Å². The smallest absolute Gasteiger partial charge is 0.0900 e. The molecule has 1 heterocycles. The summed E-state index contributed by atoms with van der Waals surface area (Å²) in [6, 6.07) is 0. The van der Waals surface area contributed by atoms with Crippen LogP contribution in [0.2, 0.25) is 0 Å². The molecule has 2 N–H and O–H groups in total. The van der Waals surface area contributed by atoms with Crippen LogP contribution < -0.4 is 5.73 Å². The number of nitrogens with two attached hydrogens (primary N) is 1. The molecule has 0 aliphatic carbocycles. The molecule has 124 valence electrons. The Bertz CT molecular complexity index is 329. The summed E-state index contributed by atoms with van der Waals surface area (Å²) in [6.45, 7) is 9.84. The predicted octanol–water partition coefficient (Wildman–Crippen LogP) is 2.52. The maximum atomic E-state index is 12.4. The standard InChI is InChI=1S/C15H28FNO3S/c1-11(18-7-13(5-16)6-17)12(2)21-9-14-8-20-15(3,4)10-19-14/h5,11-12,14H,6-10,17H2,1-4H3/b13-5+/t11-,12?,14?/m0/s1. The molecule has 0 saturated carbocycles. The van der Waals surface area contributed by atoms with Gasteiger partial charge in [-0.1, -0.05) is 6.92 Å². The Kier molecular flexibility index (Phi) is 8.19. The SMILES string of the molecule is CC(SCC1COC(C)(C)CO1)[C@H](C)OC/C(=C/F)CN. The Balaban J connectivity index is 2.22. The van der Waals surface area contributed by atoms with Gasteiger partial charge >= 0.3 is 0 Å². The minimum absolute atomic E-state index is 0.0254. The molecule has 1 rings (SSSR count). The maximum absolute atomic E-state index is 12.4. The van der Waals surface area contributed by atoms with E-state index in [2.05, 4.69) is 6.92 Å². The van der Waals surface area contributed by atoms with Crippen LogP contribution in [0.4, 0.5) is 4.39 Å². The highest BCUT2D eigenvalue weighted by atomic mass is 32.2. The Hall–Kier alpha value is -0.140. The van der Waals surface area contributed by atoms with E-state index in [-0.39, 0.29) is 31.0 Å². The van der Waals surface area contributed by atoms with Crippen LogP contribution in [0.3, 0.4) is 0 Å². The quantitative estimate of drug-likeness (QED) is 0.744. The lowest BCUT2D eigenvalue weighted by Crippen LogP contribution is -2.43. The lowest BCUT2D eigenvalue weighted by molar-refractivity contribution is -0.167. The zero-order valence-electron chi connectivity index (χ0n) is 13.4. The van der Waals surface area contributed by atoms with Gasteiger partial charge in [-0.25, -0.2) is 4.39 Å². The average molecular weight is 321 g/mol. The number of halogens is 1. The summed E-state index contributed by atoms with van der Waals surface area (Å²) in [5.41, 5.74) is 5.70. The maximum Gasteiger partial charge on any atom is 0.0900 e. The zero-order chi connectivity index (χ0) is 15.9. The van der Waals surface area contributed by atoms with E-state index in [1.165, 1.54) is 0 Å². The number of hydrogen-bond acceptors (Lipinski definition) is 5. The third-order valence-corrected chi connectivity index (χ3v) is 4.95. The molecule has 0 spiro atoms. The van der Waals surface area contributed by atoms with E-state index in [4.69, 9.17) is 19.9 Å². The third kappa shape index (κ3) is 7.10. The van der Waals surface area contributed by atoms with E-state index in [9.17, 15) is 4.39 Å². The Morgan fingerprint density at radius 3 is 2.76 bits per heavy atom. The fourth-order valence-electron chi connectivity index (χ4n) is 1.73. The minimum Gasteiger partial charge on any atom is -0.373 e. The first kappa shape index (κ1) is 18.9. The molecule has 0 aromatic rings. The summed E-state index contributed by atoms with van der Waals surface area (Å²) in [4.78, 5) is 0. The summed E-state index contributed by atoms with van der Waals surface area (Å²) in [6.07, 6.45) is 0.680. The van der Waals surface area contributed by atoms with Crippen molar-refractivity contribution in [2.45, 2.75) is 50.8 Å². The molecule has 3 atom stereocenters. The number of thioether (sulfide) groups is 1. The number of ether oxygens (including phenoxy) is 3. The first-order valence-corrected chi connectivity index (χ1v) is 8.40. The van der Waals surface area contributed by atoms with Crippen molar-refractivity contribution in [3.05, 3.63) is 11.9 Å². The van der Waals surface area contributed by atoms with Crippen molar-refractivity contribution in [3.63, 3.8) is 0 Å². The Morgan fingerprint density at radius 2 is 2.24 bits per heavy atom. The summed E-state index contributed by atoms with van der Waals surface area (Å²) in [5, 5.41) is 0.294. The van der Waals surface area contributed by atoms with Gasteiger partial charge in [-0.2, -0.15) is 11.8 Å². The molecule has 1 aliphatic rings. The van der Waals surface area contributed by atoms with Crippen molar-refractivity contribution in [1.82, 2.24) is 0 Å². The second-order valence-electron chi connectivity index (χ2n) is 6.03. The first-order chi connectivity index (χ1) is 9.88. The molecule has 6 heteroatoms. The second-order valence-corrected chi connectivity index (χ2v) is 7.44. The van der Waals surface area contributed by atoms with E-state index < -0.39 is 0 Å². The van der Waals surface area contributed by atoms with E-state index >= 15 is 0 Å². The van der Waals surface area contributed by atoms with Gasteiger partial charge in [0.05, 0.1) is 44.0 Å². The van der Waals surface area contributed by atoms with Gasteiger partial charge in [0.1, 0.15) is 0 Å². The average Bonchev–Trinajstić information content (AvgIpc) is 2.46. The lowest BCUT2D eigenvalue weighted by Gasteiger charge is -2.35. The second kappa shape index (κ2) is 9.10. The van der Waals surface area contributed by atoms with Crippen molar-refractivity contribution in [2.24, 2.45) is 5.73 Å². The van der Waals surface area contributed by atoms with Crippen LogP contribution in [0, 0.1) is 0 Å². The van der Waals surface area contributed by atoms with Crippen LogP contribution in [-0.2, 0) is 14.2 Å². The molecular formula is C15H28FNO3S. The molecule has 2 unspecified atom stereocenters. The normalized spacial score (nSPS) is 25.6. The van der Waals surface area contributed by atoms with Gasteiger partial charge in [0.25, 0.3) is 0 Å². The van der Waals surface area contributed by atoms with Gasteiger partial charge in [0.15, 0.2) is 0 Å². The molecule has 21 heavy (non-hydrogen) atoms. The van der Waals surface area contributed by atoms with Crippen molar-refractivity contribution in [2.75, 3.05) is 32.1 Å². The van der Waals surface area contributed by atoms with E-state index in [1.54, 1.807) is 11.8 Å². The third-order valence-electron chi connectivity index (χ3n) is 3.48. The summed E-state index contributed by atoms with van der Waals surface area (Å²) < 4.78 is 29.6. The molecule has 0 aromatic heterocycles. The number of hydrogen-bond donors (Lipinski definition) is 1. The molecule has 4 nitrogen and oxygen atoms in total. The molecule has 0 aromatic carbocycles. The minimum atomic E-state index is -0.180. The van der Waals surface area contributed by atoms with Gasteiger partial charge in [-0.05, 0) is 26.3 Å². The van der Waals surface area contributed by atoms with Gasteiger partial charge in [0, 0.05) is 17.5 Å². The molecule has 1 saturated heterocycles. The highest BCUT2D eigenvalue weighted by molar-refractivity contribution is 7.99. The summed E-state index contributed by atoms with van der Waals surface area (Å²) in [7, 11) is 0. The van der Waals surface area contributed by atoms with E-state index in [1.807, 2.05) is 20.8 Å². The van der Waals surface area contributed by atoms with Crippen LogP contribution in [0.25, 0.3) is 0 Å². The van der Waals surface area contributed by atoms with Crippen LogP contribution >= 0.6 is 11.8 Å². The monoisotopic (exact) mass is 321 g/mol. The largest absolute Gasteiger partial charge is 0.373 e. The molecule has 0 bridgehead atoms. The van der Waals surface area contributed by atoms with Gasteiger partial charge < -0.3 is 19.9 Å². The van der Waals surface area contributed by atoms with E-state index in [0.29, 0.717) is 30.4 Å². The fraction of sp³-hybridized carbons (Fsp3) is 0.867. The molecule has 1 fully saturated rings. The lowest BCUT2D eigenvalue weighted by atomic mass is 10.1. The number of rotatable bonds is 8. The summed E-state index contributed by atoms with van der Waals surface area (Å²) in [5.74, 6) is 0.869. The highest BCUT2D eigenvalue weighted by Gasteiger charge is 2.28. The van der Waals surface area contributed by atoms with Crippen molar-refractivity contribution in [1.29, 1.82) is 0 Å². The van der Waals surface area contributed by atoms with Gasteiger partial charge in [-0.3, -0.25) is 0 Å². The van der Waals surface area contributed by atoms with Crippen molar-refractivity contribution in [3.8, 4) is 0 Å². The van der Waals surface area contributed by atoms with Gasteiger partial charge in [0.2, 0.25) is 0 Å². The van der Waals surface area contributed by atoms with Crippen LogP contribution in [-0.4, -0.2) is 55.2 Å². The van der Waals surface area contributed by atoms with Gasteiger partial charge in [-0.15, -0.1) is 0 Å². The van der Waals surface area contributed by atoms with Crippen LogP contribution in [0.15, 0.2) is 11.9 Å². The molecular weight excluding hydrogens is 293 g/mol. The zero-order valence-corrected chi connectivity index (χ0v) is 14.2. The molecule has 1 aliphatic heterocycles. The molecule has 0 radical (unpaired) electrons.